The predicted octanol–water partition coefficient (Wildman–Crippen LogP) is 3.83. The Kier molecular flexibility index (Phi) is 8.49. The lowest BCUT2D eigenvalue weighted by atomic mass is 9.96. The molecule has 0 fully saturated rings. The van der Waals surface area contributed by atoms with E-state index in [1.807, 2.05) is 12.1 Å². The molecule has 0 radical (unpaired) electrons. The van der Waals surface area contributed by atoms with Crippen LogP contribution in [0.5, 0.6) is 0 Å². The Labute approximate surface area is 185 Å². The zero-order valence-electron chi connectivity index (χ0n) is 18.8. The fraction of sp³-hybridized carbons (Fsp3) is 0.321. The van der Waals surface area contributed by atoms with Gasteiger partial charge in [0.25, 0.3) is 0 Å². The van der Waals surface area contributed by atoms with Crippen LogP contribution in [0.2, 0.25) is 0 Å². The molecule has 0 amide bonds. The van der Waals surface area contributed by atoms with Gasteiger partial charge in [0.05, 0.1) is 12.7 Å². The van der Waals surface area contributed by atoms with Crippen LogP contribution in [-0.2, 0) is 4.74 Å². The lowest BCUT2D eigenvalue weighted by Crippen LogP contribution is -2.35. The molecule has 1 aromatic rings. The second kappa shape index (κ2) is 11.5. The summed E-state index contributed by atoms with van der Waals surface area (Å²) in [6.45, 7) is 7.71. The van der Waals surface area contributed by atoms with Crippen molar-refractivity contribution in [3.05, 3.63) is 99.5 Å². The largest absolute Gasteiger partial charge is 0.389 e. The van der Waals surface area contributed by atoms with Crippen molar-refractivity contribution in [2.75, 3.05) is 19.8 Å². The Balaban J connectivity index is 2.10. The minimum absolute atomic E-state index is 0.332. The van der Waals surface area contributed by atoms with Crippen LogP contribution in [0.3, 0.4) is 0 Å². The highest BCUT2D eigenvalue weighted by Crippen LogP contribution is 2.24. The van der Waals surface area contributed by atoms with Crippen LogP contribution in [0.15, 0.2) is 89.1 Å². The topological polar surface area (TPSA) is 41.5 Å². The summed E-state index contributed by atoms with van der Waals surface area (Å²) >= 11 is 0. The SMILES string of the molecule is CCCOCC(O)CNC1=c2\ccccc2=C=C(C)/C=C\C2=C(CC=CC=C2)C(\C)=C\1. The second-order valence-electron chi connectivity index (χ2n) is 7.96. The first-order valence-electron chi connectivity index (χ1n) is 11.1. The minimum atomic E-state index is -0.570. The van der Waals surface area contributed by atoms with E-state index in [0.29, 0.717) is 19.8 Å². The normalized spacial score (nSPS) is 21.4. The summed E-state index contributed by atoms with van der Waals surface area (Å²) in [4.78, 5) is 0. The third-order valence-electron chi connectivity index (χ3n) is 5.28. The summed E-state index contributed by atoms with van der Waals surface area (Å²) in [6.07, 6.45) is 16.3. The van der Waals surface area contributed by atoms with Crippen LogP contribution in [0.25, 0.3) is 11.4 Å². The molecule has 2 N–H and O–H groups in total. The molecule has 1 atom stereocenters. The third kappa shape index (κ3) is 6.57. The van der Waals surface area contributed by atoms with E-state index in [1.54, 1.807) is 0 Å². The highest BCUT2D eigenvalue weighted by Gasteiger charge is 2.10. The summed E-state index contributed by atoms with van der Waals surface area (Å²) in [5, 5.41) is 16.0. The Morgan fingerprint density at radius 2 is 1.97 bits per heavy atom. The average molecular weight is 416 g/mol. The third-order valence-corrected chi connectivity index (χ3v) is 5.28. The van der Waals surface area contributed by atoms with E-state index in [9.17, 15) is 5.11 Å². The lowest BCUT2D eigenvalue weighted by molar-refractivity contribution is 0.0392. The number of ether oxygens (including phenoxy) is 1. The number of hydrogen-bond acceptors (Lipinski definition) is 3. The van der Waals surface area contributed by atoms with Gasteiger partial charge in [-0.25, -0.2) is 0 Å². The molecule has 1 unspecified atom stereocenters. The predicted molar refractivity (Wildman–Crippen MR) is 130 cm³/mol. The molecule has 0 saturated heterocycles. The summed E-state index contributed by atoms with van der Waals surface area (Å²) in [7, 11) is 0. The first-order chi connectivity index (χ1) is 15.1. The van der Waals surface area contributed by atoms with E-state index in [4.69, 9.17) is 4.74 Å². The first kappa shape index (κ1) is 22.8. The second-order valence-corrected chi connectivity index (χ2v) is 7.96. The van der Waals surface area contributed by atoms with Crippen molar-refractivity contribution in [2.45, 2.75) is 39.7 Å². The molecular weight excluding hydrogens is 382 g/mol. The zero-order chi connectivity index (χ0) is 22.1. The van der Waals surface area contributed by atoms with Gasteiger partial charge in [-0.2, -0.15) is 0 Å². The van der Waals surface area contributed by atoms with Crippen LogP contribution < -0.4 is 15.8 Å². The van der Waals surface area contributed by atoms with E-state index in [1.165, 1.54) is 16.7 Å². The van der Waals surface area contributed by atoms with Gasteiger partial charge in [-0.3, -0.25) is 0 Å². The Morgan fingerprint density at radius 3 is 2.81 bits per heavy atom. The fourth-order valence-electron chi connectivity index (χ4n) is 3.66. The Morgan fingerprint density at radius 1 is 1.13 bits per heavy atom. The van der Waals surface area contributed by atoms with Crippen molar-refractivity contribution < 1.29 is 9.84 Å². The highest BCUT2D eigenvalue weighted by atomic mass is 16.5. The molecule has 0 heterocycles. The van der Waals surface area contributed by atoms with Crippen LogP contribution in [0, 0.1) is 0 Å². The highest BCUT2D eigenvalue weighted by molar-refractivity contribution is 5.62. The van der Waals surface area contributed by atoms with Gasteiger partial charge in [-0.1, -0.05) is 61.6 Å². The maximum atomic E-state index is 10.4. The van der Waals surface area contributed by atoms with Crippen molar-refractivity contribution in [1.29, 1.82) is 0 Å². The fourth-order valence-corrected chi connectivity index (χ4v) is 3.66. The van der Waals surface area contributed by atoms with Crippen LogP contribution in [-0.4, -0.2) is 31.0 Å². The van der Waals surface area contributed by atoms with Gasteiger partial charge >= 0.3 is 0 Å². The van der Waals surface area contributed by atoms with Crippen molar-refractivity contribution >= 4 is 11.4 Å². The minimum Gasteiger partial charge on any atom is -0.389 e. The van der Waals surface area contributed by atoms with Crippen molar-refractivity contribution in [3.63, 3.8) is 0 Å². The van der Waals surface area contributed by atoms with Gasteiger partial charge in [0.1, 0.15) is 0 Å². The molecule has 31 heavy (non-hydrogen) atoms. The number of aliphatic hydroxyl groups is 1. The van der Waals surface area contributed by atoms with E-state index >= 15 is 0 Å². The summed E-state index contributed by atoms with van der Waals surface area (Å²) in [5.41, 5.74) is 9.28. The average Bonchev–Trinajstić information content (AvgIpc) is 3.01. The molecule has 2 aliphatic rings. The van der Waals surface area contributed by atoms with E-state index in [-0.39, 0.29) is 0 Å². The molecule has 0 bridgehead atoms. The van der Waals surface area contributed by atoms with E-state index in [0.717, 1.165) is 34.5 Å². The zero-order valence-corrected chi connectivity index (χ0v) is 18.8. The number of allylic oxidation sites excluding steroid dienone is 10. The van der Waals surface area contributed by atoms with E-state index < -0.39 is 6.10 Å². The molecule has 2 aliphatic carbocycles. The van der Waals surface area contributed by atoms with Gasteiger partial charge in [-0.05, 0) is 61.1 Å². The standard InChI is InChI=1S/C28H33NO2/c1-4-16-31-20-25(30)19-29-28-18-22(3)26-12-7-5-6-10-23(26)15-14-21(2)17-24-11-8-9-13-27(24)28/h5-11,13-15,18,25,29-30H,4,12,16,19-20H2,1-3H3/b15-14-,22-18+,28-27+. The maximum Gasteiger partial charge on any atom is 0.0945 e. The number of benzene rings is 1. The number of nitrogens with one attached hydrogen (secondary N) is 1. The molecular formula is C28H33NO2. The number of aliphatic hydroxyl groups excluding tert-OH is 1. The molecule has 0 spiro atoms. The molecule has 0 aromatic heterocycles. The monoisotopic (exact) mass is 415 g/mol. The number of hydrogen-bond donors (Lipinski definition) is 2. The maximum absolute atomic E-state index is 10.4. The van der Waals surface area contributed by atoms with Crippen molar-refractivity contribution in [3.8, 4) is 0 Å². The number of fused-ring (bicyclic) bond motifs is 1. The van der Waals surface area contributed by atoms with E-state index in [2.05, 4.69) is 86.5 Å². The molecule has 1 aromatic carbocycles. The summed E-state index contributed by atoms with van der Waals surface area (Å²) in [5.74, 6) is 0. The van der Waals surface area contributed by atoms with Gasteiger partial charge in [0.2, 0.25) is 0 Å². The molecule has 162 valence electrons. The lowest BCUT2D eigenvalue weighted by Gasteiger charge is -2.16. The first-order valence-corrected chi connectivity index (χ1v) is 11.1. The quantitative estimate of drug-likeness (QED) is 0.665. The van der Waals surface area contributed by atoms with Gasteiger partial charge in [-0.15, -0.1) is 5.73 Å². The van der Waals surface area contributed by atoms with Crippen LogP contribution >= 0.6 is 0 Å². The number of rotatable bonds is 7. The van der Waals surface area contributed by atoms with Crippen molar-refractivity contribution in [2.24, 2.45) is 0 Å². The molecule has 0 aliphatic heterocycles. The van der Waals surface area contributed by atoms with Gasteiger partial charge < -0.3 is 15.2 Å². The Bertz CT molecular complexity index is 1090. The van der Waals surface area contributed by atoms with Crippen LogP contribution in [0.1, 0.15) is 33.6 Å². The summed E-state index contributed by atoms with van der Waals surface area (Å²) < 4.78 is 5.51. The smallest absolute Gasteiger partial charge is 0.0945 e. The molecule has 3 nitrogen and oxygen atoms in total. The van der Waals surface area contributed by atoms with Gasteiger partial charge in [0, 0.05) is 29.3 Å². The summed E-state index contributed by atoms with van der Waals surface area (Å²) in [6, 6.07) is 8.26. The molecule has 3 heteroatoms. The molecule has 0 saturated carbocycles. The molecule has 3 rings (SSSR count). The van der Waals surface area contributed by atoms with Gasteiger partial charge in [0.15, 0.2) is 0 Å². The van der Waals surface area contributed by atoms with Crippen LogP contribution in [0.4, 0.5) is 0 Å². The Hall–Kier alpha value is -2.84. The van der Waals surface area contributed by atoms with Crippen molar-refractivity contribution in [1.82, 2.24) is 5.32 Å².